The second kappa shape index (κ2) is 8.58. The van der Waals surface area contributed by atoms with Gasteiger partial charge in [0.2, 0.25) is 5.96 Å². The number of likely N-dealkylation sites (tertiary alicyclic amines) is 1. The summed E-state index contributed by atoms with van der Waals surface area (Å²) in [5.41, 5.74) is 2.28. The molecule has 0 saturated carbocycles. The molecule has 1 unspecified atom stereocenters. The quantitative estimate of drug-likeness (QED) is 0.392. The van der Waals surface area contributed by atoms with E-state index in [1.165, 1.54) is 6.42 Å². The van der Waals surface area contributed by atoms with Gasteiger partial charge in [-0.05, 0) is 62.6 Å². The number of non-ortho nitro benzene ring substituents is 1. The Labute approximate surface area is 193 Å². The number of benzene rings is 3. The first-order valence-electron chi connectivity index (χ1n) is 11.4. The summed E-state index contributed by atoms with van der Waals surface area (Å²) in [6, 6.07) is 27.2. The Kier molecular flexibility index (Phi) is 5.46. The molecule has 2 aliphatic rings. The van der Waals surface area contributed by atoms with E-state index >= 15 is 0 Å². The van der Waals surface area contributed by atoms with E-state index in [9.17, 15) is 10.1 Å². The minimum Gasteiger partial charge on any atom is -0.341 e. The van der Waals surface area contributed by atoms with E-state index in [-0.39, 0.29) is 10.6 Å². The number of anilines is 2. The number of rotatable bonds is 4. The first-order valence-corrected chi connectivity index (χ1v) is 11.4. The number of nitrogens with zero attached hydrogens (tertiary/aromatic N) is 5. The summed E-state index contributed by atoms with van der Waals surface area (Å²) in [6.07, 6.45) is 3.51. The molecule has 0 aromatic heterocycles. The smallest absolute Gasteiger partial charge is 0.269 e. The zero-order chi connectivity index (χ0) is 22.8. The van der Waals surface area contributed by atoms with Gasteiger partial charge in [-0.3, -0.25) is 15.0 Å². The number of guanidine groups is 1. The zero-order valence-electron chi connectivity index (χ0n) is 18.7. The minimum atomic E-state index is -0.718. The highest BCUT2D eigenvalue weighted by molar-refractivity contribution is 6.01. The molecule has 33 heavy (non-hydrogen) atoms. The number of hydrogen-bond acceptors (Lipinski definition) is 6. The normalized spacial score (nSPS) is 20.6. The van der Waals surface area contributed by atoms with Crippen molar-refractivity contribution in [2.45, 2.75) is 31.8 Å². The molecule has 0 radical (unpaired) electrons. The molecule has 3 aromatic carbocycles. The number of nitro groups is 1. The second-order valence-corrected chi connectivity index (χ2v) is 8.59. The molecule has 2 aliphatic heterocycles. The van der Waals surface area contributed by atoms with Crippen LogP contribution in [-0.4, -0.2) is 28.9 Å². The topological polar surface area (TPSA) is 65.2 Å². The Hall–Kier alpha value is -3.87. The third kappa shape index (κ3) is 3.69. The fourth-order valence-electron chi connectivity index (χ4n) is 4.79. The lowest BCUT2D eigenvalue weighted by atomic mass is 9.97. The highest BCUT2D eigenvalue weighted by atomic mass is 16.6. The highest BCUT2D eigenvalue weighted by Gasteiger charge is 2.49. The molecule has 0 aliphatic carbocycles. The van der Waals surface area contributed by atoms with Crippen LogP contribution in [0.15, 0.2) is 90.0 Å². The first-order chi connectivity index (χ1) is 16.1. The van der Waals surface area contributed by atoms with Crippen LogP contribution in [0.5, 0.6) is 0 Å². The summed E-state index contributed by atoms with van der Waals surface area (Å²) in [4.78, 5) is 15.6. The van der Waals surface area contributed by atoms with Crippen molar-refractivity contribution in [2.24, 2.45) is 5.10 Å². The molecule has 0 spiro atoms. The summed E-state index contributed by atoms with van der Waals surface area (Å²) in [5, 5.41) is 18.5. The number of hydrogen-bond donors (Lipinski definition) is 0. The third-order valence-corrected chi connectivity index (χ3v) is 6.52. The standard InChI is InChI=1S/C26H27N5O2/c1-26(21-15-17-24(18-16-21)31(32)33)29(22-11-5-2-6-12-22)25(28-19-9-4-10-20-28)27-30(26)23-13-7-3-8-14-23/h2-3,5-8,11-18H,4,9-10,19-20H2,1H3. The fourth-order valence-corrected chi connectivity index (χ4v) is 4.79. The Morgan fingerprint density at radius 3 is 1.97 bits per heavy atom. The summed E-state index contributed by atoms with van der Waals surface area (Å²) in [5.74, 6) is 0.908. The summed E-state index contributed by atoms with van der Waals surface area (Å²) < 4.78 is 0. The van der Waals surface area contributed by atoms with Crippen molar-refractivity contribution < 1.29 is 4.92 Å². The van der Waals surface area contributed by atoms with E-state index in [0.717, 1.165) is 48.8 Å². The molecule has 5 rings (SSSR count). The summed E-state index contributed by atoms with van der Waals surface area (Å²) in [6.45, 7) is 4.05. The van der Waals surface area contributed by atoms with E-state index in [1.807, 2.05) is 53.5 Å². The molecule has 0 N–H and O–H groups in total. The van der Waals surface area contributed by atoms with Gasteiger partial charge >= 0.3 is 0 Å². The maximum absolute atomic E-state index is 11.3. The van der Waals surface area contributed by atoms with E-state index in [1.54, 1.807) is 12.1 Å². The van der Waals surface area contributed by atoms with Crippen LogP contribution in [0, 0.1) is 10.1 Å². The van der Waals surface area contributed by atoms with Crippen molar-refractivity contribution in [1.82, 2.24) is 4.90 Å². The van der Waals surface area contributed by atoms with Gasteiger partial charge in [-0.1, -0.05) is 36.4 Å². The molecule has 1 atom stereocenters. The fraction of sp³-hybridized carbons (Fsp3) is 0.269. The Bertz CT molecular complexity index is 1140. The van der Waals surface area contributed by atoms with Gasteiger partial charge in [-0.2, -0.15) is 0 Å². The molecular formula is C26H27N5O2. The molecule has 0 bridgehead atoms. The van der Waals surface area contributed by atoms with Gasteiger partial charge in [-0.15, -0.1) is 5.10 Å². The van der Waals surface area contributed by atoms with Crippen molar-refractivity contribution in [3.63, 3.8) is 0 Å². The van der Waals surface area contributed by atoms with E-state index in [2.05, 4.69) is 41.0 Å². The first kappa shape index (κ1) is 21.0. The third-order valence-electron chi connectivity index (χ3n) is 6.52. The molecule has 168 valence electrons. The van der Waals surface area contributed by atoms with Crippen LogP contribution in [0.2, 0.25) is 0 Å². The Balaban J connectivity index is 1.70. The van der Waals surface area contributed by atoms with Gasteiger partial charge < -0.3 is 4.90 Å². The van der Waals surface area contributed by atoms with Crippen LogP contribution < -0.4 is 9.91 Å². The van der Waals surface area contributed by atoms with Crippen molar-refractivity contribution >= 4 is 23.0 Å². The maximum Gasteiger partial charge on any atom is 0.269 e. The minimum absolute atomic E-state index is 0.0787. The SMILES string of the molecule is CC1(c2ccc([N+](=O)[O-])cc2)N(c2ccccc2)N=C(N2CCCCC2)N1c1ccccc1. The van der Waals surface area contributed by atoms with Crippen LogP contribution >= 0.6 is 0 Å². The predicted molar refractivity (Wildman–Crippen MR) is 131 cm³/mol. The van der Waals surface area contributed by atoms with E-state index in [0.29, 0.717) is 0 Å². The molecule has 0 amide bonds. The second-order valence-electron chi connectivity index (χ2n) is 8.59. The van der Waals surface area contributed by atoms with Crippen LogP contribution in [0.25, 0.3) is 0 Å². The van der Waals surface area contributed by atoms with Crippen molar-refractivity contribution in [3.05, 3.63) is 101 Å². The Morgan fingerprint density at radius 2 is 1.39 bits per heavy atom. The van der Waals surface area contributed by atoms with Gasteiger partial charge in [0, 0.05) is 36.5 Å². The zero-order valence-corrected chi connectivity index (χ0v) is 18.7. The molecule has 7 nitrogen and oxygen atoms in total. The van der Waals surface area contributed by atoms with Crippen LogP contribution in [-0.2, 0) is 5.66 Å². The van der Waals surface area contributed by atoms with Gasteiger partial charge in [0.05, 0.1) is 10.6 Å². The van der Waals surface area contributed by atoms with Gasteiger partial charge in [0.25, 0.3) is 5.69 Å². The lowest BCUT2D eigenvalue weighted by Gasteiger charge is -2.43. The maximum atomic E-state index is 11.3. The lowest BCUT2D eigenvalue weighted by Crippen LogP contribution is -2.55. The molecule has 1 saturated heterocycles. The highest BCUT2D eigenvalue weighted by Crippen LogP contribution is 2.44. The number of piperidine rings is 1. The van der Waals surface area contributed by atoms with Crippen LogP contribution in [0.4, 0.5) is 17.1 Å². The van der Waals surface area contributed by atoms with E-state index < -0.39 is 5.66 Å². The average Bonchev–Trinajstić information content (AvgIpc) is 3.20. The predicted octanol–water partition coefficient (Wildman–Crippen LogP) is 5.55. The number of para-hydroxylation sites is 2. The van der Waals surface area contributed by atoms with Crippen LogP contribution in [0.3, 0.4) is 0 Å². The van der Waals surface area contributed by atoms with Crippen molar-refractivity contribution in [2.75, 3.05) is 23.0 Å². The average molecular weight is 442 g/mol. The van der Waals surface area contributed by atoms with Crippen molar-refractivity contribution in [3.8, 4) is 0 Å². The van der Waals surface area contributed by atoms with Gasteiger partial charge in [0.1, 0.15) is 0 Å². The Morgan fingerprint density at radius 1 is 0.818 bits per heavy atom. The molecule has 7 heteroatoms. The largest absolute Gasteiger partial charge is 0.341 e. The molecule has 1 fully saturated rings. The summed E-state index contributed by atoms with van der Waals surface area (Å²) in [7, 11) is 0. The van der Waals surface area contributed by atoms with Crippen LogP contribution in [0.1, 0.15) is 31.7 Å². The molecule has 3 aromatic rings. The molecule has 2 heterocycles. The van der Waals surface area contributed by atoms with Gasteiger partial charge in [-0.25, -0.2) is 5.01 Å². The summed E-state index contributed by atoms with van der Waals surface area (Å²) >= 11 is 0. The van der Waals surface area contributed by atoms with Crippen molar-refractivity contribution in [1.29, 1.82) is 0 Å². The van der Waals surface area contributed by atoms with Gasteiger partial charge in [0.15, 0.2) is 5.66 Å². The number of hydrazone groups is 1. The monoisotopic (exact) mass is 441 g/mol. The van der Waals surface area contributed by atoms with E-state index in [4.69, 9.17) is 5.10 Å². The molecular weight excluding hydrogens is 414 g/mol. The number of nitro benzene ring substituents is 1. The lowest BCUT2D eigenvalue weighted by molar-refractivity contribution is -0.384.